The molecular weight excluding hydrogens is 378 g/mol. The lowest BCUT2D eigenvalue weighted by Gasteiger charge is -2.26. The Kier molecular flexibility index (Phi) is 4.83. The number of hydrogen-bond donors (Lipinski definition) is 1. The van der Waals surface area contributed by atoms with Crippen LogP contribution >= 0.6 is 0 Å². The minimum Gasteiger partial charge on any atom is -0.321 e. The van der Waals surface area contributed by atoms with Crippen molar-refractivity contribution in [2.45, 2.75) is 20.8 Å². The van der Waals surface area contributed by atoms with Crippen LogP contribution in [0.25, 0.3) is 11.8 Å². The van der Waals surface area contributed by atoms with E-state index in [1.165, 1.54) is 6.08 Å². The number of para-hydroxylation sites is 1. The highest BCUT2D eigenvalue weighted by atomic mass is 16.2. The van der Waals surface area contributed by atoms with Crippen LogP contribution in [0.5, 0.6) is 0 Å². The van der Waals surface area contributed by atoms with Gasteiger partial charge in [-0.05, 0) is 73.9 Å². The van der Waals surface area contributed by atoms with Crippen molar-refractivity contribution in [1.29, 1.82) is 0 Å². The van der Waals surface area contributed by atoms with Crippen molar-refractivity contribution >= 4 is 29.6 Å². The number of aryl methyl sites for hydroxylation is 3. The van der Waals surface area contributed by atoms with Gasteiger partial charge in [-0.3, -0.25) is 14.9 Å². The van der Waals surface area contributed by atoms with Crippen molar-refractivity contribution in [2.75, 3.05) is 4.90 Å². The Bertz CT molecular complexity index is 1190. The van der Waals surface area contributed by atoms with E-state index in [1.54, 1.807) is 12.1 Å². The number of benzene rings is 2. The summed E-state index contributed by atoms with van der Waals surface area (Å²) in [6.07, 6.45) is 3.38. The second kappa shape index (κ2) is 7.48. The Morgan fingerprint density at radius 2 is 1.50 bits per heavy atom. The summed E-state index contributed by atoms with van der Waals surface area (Å²) in [5.41, 5.74) is 4.83. The number of nitrogens with one attached hydrogen (secondary N) is 1. The topological polar surface area (TPSA) is 71.4 Å². The quantitative estimate of drug-likeness (QED) is 0.533. The van der Waals surface area contributed by atoms with E-state index in [9.17, 15) is 14.4 Å². The normalized spacial score (nSPS) is 15.6. The van der Waals surface area contributed by atoms with Crippen LogP contribution in [0.3, 0.4) is 0 Å². The van der Waals surface area contributed by atoms with Crippen LogP contribution in [-0.2, 0) is 9.59 Å². The van der Waals surface area contributed by atoms with E-state index in [4.69, 9.17) is 0 Å². The fourth-order valence-corrected chi connectivity index (χ4v) is 3.68. The van der Waals surface area contributed by atoms with Crippen molar-refractivity contribution in [3.63, 3.8) is 0 Å². The Labute approximate surface area is 174 Å². The first-order chi connectivity index (χ1) is 14.3. The van der Waals surface area contributed by atoms with Gasteiger partial charge in [0.1, 0.15) is 5.57 Å². The minimum atomic E-state index is -0.745. The molecule has 0 bridgehead atoms. The average Bonchev–Trinajstić information content (AvgIpc) is 3.05. The molecule has 150 valence electrons. The Morgan fingerprint density at radius 1 is 0.833 bits per heavy atom. The van der Waals surface area contributed by atoms with Crippen LogP contribution in [0.1, 0.15) is 22.4 Å². The Morgan fingerprint density at radius 3 is 2.17 bits per heavy atom. The molecule has 1 aliphatic rings. The summed E-state index contributed by atoms with van der Waals surface area (Å²) in [5.74, 6) is -1.34. The lowest BCUT2D eigenvalue weighted by Crippen LogP contribution is -2.54. The fraction of sp³-hybridized carbons (Fsp3) is 0.125. The summed E-state index contributed by atoms with van der Waals surface area (Å²) >= 11 is 0. The molecule has 2 heterocycles. The maximum absolute atomic E-state index is 13.1. The predicted molar refractivity (Wildman–Crippen MR) is 115 cm³/mol. The third-order valence-electron chi connectivity index (χ3n) is 4.95. The van der Waals surface area contributed by atoms with Gasteiger partial charge >= 0.3 is 6.03 Å². The van der Waals surface area contributed by atoms with Crippen LogP contribution < -0.4 is 10.2 Å². The van der Waals surface area contributed by atoms with E-state index in [0.717, 1.165) is 27.4 Å². The molecule has 0 spiro atoms. The van der Waals surface area contributed by atoms with Gasteiger partial charge in [-0.25, -0.2) is 9.69 Å². The summed E-state index contributed by atoms with van der Waals surface area (Å²) < 4.78 is 1.98. The molecule has 6 nitrogen and oxygen atoms in total. The van der Waals surface area contributed by atoms with Crippen molar-refractivity contribution in [1.82, 2.24) is 9.88 Å². The van der Waals surface area contributed by atoms with E-state index >= 15 is 0 Å². The molecule has 1 aromatic heterocycles. The van der Waals surface area contributed by atoms with Gasteiger partial charge in [0.15, 0.2) is 0 Å². The van der Waals surface area contributed by atoms with Gasteiger partial charge in [-0.2, -0.15) is 0 Å². The number of hydrogen-bond acceptors (Lipinski definition) is 3. The molecule has 0 unspecified atom stereocenters. The first-order valence-electron chi connectivity index (χ1n) is 9.57. The zero-order chi connectivity index (χ0) is 21.4. The number of aromatic nitrogens is 1. The van der Waals surface area contributed by atoms with Crippen LogP contribution in [-0.4, -0.2) is 22.4 Å². The summed E-state index contributed by atoms with van der Waals surface area (Å²) in [6.45, 7) is 5.72. The van der Waals surface area contributed by atoms with E-state index in [-0.39, 0.29) is 5.57 Å². The second-order valence-electron chi connectivity index (χ2n) is 7.42. The average molecular weight is 399 g/mol. The SMILES string of the molecule is Cc1cc(C)cc(N2C(=O)NC(=O)/C(=C/c3cc(C)n(-c4ccccc4)c3)C2=O)c1. The highest BCUT2D eigenvalue weighted by molar-refractivity contribution is 6.39. The number of carbonyl (C=O) groups is 3. The Hall–Kier alpha value is -3.93. The van der Waals surface area contributed by atoms with E-state index < -0.39 is 17.8 Å². The Balaban J connectivity index is 1.73. The van der Waals surface area contributed by atoms with Gasteiger partial charge < -0.3 is 4.57 Å². The van der Waals surface area contributed by atoms with Gasteiger partial charge in [0.2, 0.25) is 0 Å². The second-order valence-corrected chi connectivity index (χ2v) is 7.42. The molecule has 2 aromatic carbocycles. The number of carbonyl (C=O) groups excluding carboxylic acids is 3. The van der Waals surface area contributed by atoms with Gasteiger partial charge in [0.05, 0.1) is 5.69 Å². The number of anilines is 1. The molecule has 4 amide bonds. The first kappa shape index (κ1) is 19.4. The smallest absolute Gasteiger partial charge is 0.321 e. The molecule has 3 aromatic rings. The van der Waals surface area contributed by atoms with E-state index in [2.05, 4.69) is 5.32 Å². The van der Waals surface area contributed by atoms with Gasteiger partial charge in [-0.1, -0.05) is 24.3 Å². The van der Waals surface area contributed by atoms with Crippen LogP contribution in [0, 0.1) is 20.8 Å². The molecular formula is C24H21N3O3. The lowest BCUT2D eigenvalue weighted by atomic mass is 10.1. The van der Waals surface area contributed by atoms with Crippen LogP contribution in [0.2, 0.25) is 0 Å². The molecule has 1 saturated heterocycles. The lowest BCUT2D eigenvalue weighted by molar-refractivity contribution is -0.122. The molecule has 6 heteroatoms. The van der Waals surface area contributed by atoms with Gasteiger partial charge in [0, 0.05) is 17.6 Å². The van der Waals surface area contributed by atoms with Gasteiger partial charge in [0.25, 0.3) is 11.8 Å². The van der Waals surface area contributed by atoms with Crippen LogP contribution in [0.4, 0.5) is 10.5 Å². The number of barbiturate groups is 1. The minimum absolute atomic E-state index is 0.0843. The largest absolute Gasteiger partial charge is 0.335 e. The zero-order valence-corrected chi connectivity index (χ0v) is 17.0. The number of amides is 4. The summed E-state index contributed by atoms with van der Waals surface area (Å²) in [4.78, 5) is 39.0. The van der Waals surface area contributed by atoms with E-state index in [1.807, 2.05) is 74.0 Å². The van der Waals surface area contributed by atoms with Crippen molar-refractivity contribution < 1.29 is 14.4 Å². The highest BCUT2D eigenvalue weighted by Gasteiger charge is 2.37. The number of nitrogens with zero attached hydrogens (tertiary/aromatic N) is 2. The maximum Gasteiger partial charge on any atom is 0.335 e. The highest BCUT2D eigenvalue weighted by Crippen LogP contribution is 2.25. The van der Waals surface area contributed by atoms with Crippen molar-refractivity contribution in [3.05, 3.63) is 88.8 Å². The summed E-state index contributed by atoms with van der Waals surface area (Å²) in [5, 5.41) is 2.27. The molecule has 1 aliphatic heterocycles. The van der Waals surface area contributed by atoms with E-state index in [0.29, 0.717) is 11.3 Å². The molecule has 0 radical (unpaired) electrons. The number of imide groups is 2. The molecule has 4 rings (SSSR count). The fourth-order valence-electron chi connectivity index (χ4n) is 3.68. The monoisotopic (exact) mass is 399 g/mol. The third kappa shape index (κ3) is 3.55. The first-order valence-corrected chi connectivity index (χ1v) is 9.57. The molecule has 0 atom stereocenters. The molecule has 1 N–H and O–H groups in total. The molecule has 30 heavy (non-hydrogen) atoms. The molecule has 0 saturated carbocycles. The molecule has 0 aliphatic carbocycles. The van der Waals surface area contributed by atoms with Crippen molar-refractivity contribution in [2.24, 2.45) is 0 Å². The zero-order valence-electron chi connectivity index (χ0n) is 17.0. The van der Waals surface area contributed by atoms with Crippen LogP contribution in [0.15, 0.2) is 66.4 Å². The van der Waals surface area contributed by atoms with Gasteiger partial charge in [-0.15, -0.1) is 0 Å². The third-order valence-corrected chi connectivity index (χ3v) is 4.95. The predicted octanol–water partition coefficient (Wildman–Crippen LogP) is 4.07. The molecule has 1 fully saturated rings. The number of urea groups is 1. The standard InChI is InChI=1S/C24H21N3O3/c1-15-9-16(2)11-20(10-15)27-23(29)21(22(28)25-24(27)30)13-18-12-17(3)26(14-18)19-7-5-4-6-8-19/h4-14H,1-3H3,(H,25,28,30)/b21-13-. The summed E-state index contributed by atoms with van der Waals surface area (Å²) in [7, 11) is 0. The number of rotatable bonds is 3. The maximum atomic E-state index is 13.1. The summed E-state index contributed by atoms with van der Waals surface area (Å²) in [6, 6.07) is 16.4. The van der Waals surface area contributed by atoms with Crippen molar-refractivity contribution in [3.8, 4) is 5.69 Å².